The van der Waals surface area contributed by atoms with Crippen molar-refractivity contribution < 1.29 is 9.32 Å². The number of anilines is 2. The van der Waals surface area contributed by atoms with Crippen LogP contribution in [-0.4, -0.2) is 11.1 Å². The van der Waals surface area contributed by atoms with Crippen molar-refractivity contribution in [2.75, 3.05) is 11.1 Å². The molecule has 94 valence electrons. The maximum Gasteiger partial charge on any atom is 0.258 e. The second-order valence-corrected chi connectivity index (χ2v) is 4.32. The molecule has 18 heavy (non-hydrogen) atoms. The number of nitrogens with one attached hydrogen (secondary N) is 1. The Bertz CT molecular complexity index is 607. The van der Waals surface area contributed by atoms with Gasteiger partial charge in [-0.1, -0.05) is 16.8 Å². The minimum absolute atomic E-state index is 0.323. The highest BCUT2D eigenvalue weighted by Gasteiger charge is 2.13. The van der Waals surface area contributed by atoms with Crippen LogP contribution in [0, 0.1) is 13.8 Å². The summed E-state index contributed by atoms with van der Waals surface area (Å²) in [6.07, 6.45) is 0. The molecule has 0 bridgehead atoms. The zero-order valence-electron chi connectivity index (χ0n) is 9.95. The van der Waals surface area contributed by atoms with Gasteiger partial charge in [0, 0.05) is 11.1 Å². The maximum atomic E-state index is 11.9. The van der Waals surface area contributed by atoms with Crippen LogP contribution in [0.3, 0.4) is 0 Å². The highest BCUT2D eigenvalue weighted by atomic mass is 35.5. The molecule has 2 aromatic rings. The summed E-state index contributed by atoms with van der Waals surface area (Å²) in [7, 11) is 0. The van der Waals surface area contributed by atoms with E-state index in [9.17, 15) is 4.79 Å². The van der Waals surface area contributed by atoms with Crippen LogP contribution in [0.2, 0.25) is 5.02 Å². The molecule has 6 heteroatoms. The Labute approximate surface area is 109 Å². The summed E-state index contributed by atoms with van der Waals surface area (Å²) < 4.78 is 5.00. The van der Waals surface area contributed by atoms with Gasteiger partial charge in [0.15, 0.2) is 0 Å². The SMILES string of the molecule is Cc1noc(NC(=O)c2ccc(N)c(Cl)c2)c1C. The lowest BCUT2D eigenvalue weighted by atomic mass is 10.2. The van der Waals surface area contributed by atoms with Crippen LogP contribution < -0.4 is 11.1 Å². The number of hydrogen-bond donors (Lipinski definition) is 2. The van der Waals surface area contributed by atoms with Crippen LogP contribution in [0.1, 0.15) is 21.6 Å². The molecule has 0 saturated carbocycles. The minimum Gasteiger partial charge on any atom is -0.398 e. The summed E-state index contributed by atoms with van der Waals surface area (Å²) in [6, 6.07) is 4.68. The summed E-state index contributed by atoms with van der Waals surface area (Å²) in [5.74, 6) is 0.0154. The predicted molar refractivity (Wildman–Crippen MR) is 69.8 cm³/mol. The third kappa shape index (κ3) is 2.31. The van der Waals surface area contributed by atoms with Crippen molar-refractivity contribution in [2.24, 2.45) is 0 Å². The summed E-state index contributed by atoms with van der Waals surface area (Å²) in [6.45, 7) is 3.62. The third-order valence-electron chi connectivity index (χ3n) is 2.65. The lowest BCUT2D eigenvalue weighted by Crippen LogP contribution is -2.12. The van der Waals surface area contributed by atoms with E-state index in [2.05, 4.69) is 10.5 Å². The molecular weight excluding hydrogens is 254 g/mol. The number of carbonyl (C=O) groups is 1. The van der Waals surface area contributed by atoms with E-state index in [0.717, 1.165) is 11.3 Å². The van der Waals surface area contributed by atoms with Crippen molar-refractivity contribution in [1.29, 1.82) is 0 Å². The lowest BCUT2D eigenvalue weighted by Gasteiger charge is -2.04. The van der Waals surface area contributed by atoms with Gasteiger partial charge in [0.1, 0.15) is 0 Å². The van der Waals surface area contributed by atoms with Crippen LogP contribution in [-0.2, 0) is 0 Å². The van der Waals surface area contributed by atoms with Gasteiger partial charge in [-0.25, -0.2) is 0 Å². The molecule has 0 atom stereocenters. The summed E-state index contributed by atoms with van der Waals surface area (Å²) in [5.41, 5.74) is 7.95. The summed E-state index contributed by atoms with van der Waals surface area (Å²) in [5, 5.41) is 6.73. The first-order valence-electron chi connectivity index (χ1n) is 5.28. The average Bonchev–Trinajstić information content (AvgIpc) is 2.64. The fourth-order valence-corrected chi connectivity index (χ4v) is 1.56. The molecule has 0 fully saturated rings. The van der Waals surface area contributed by atoms with Gasteiger partial charge in [-0.3, -0.25) is 10.1 Å². The highest BCUT2D eigenvalue weighted by Crippen LogP contribution is 2.22. The van der Waals surface area contributed by atoms with E-state index in [0.29, 0.717) is 22.2 Å². The number of nitrogen functional groups attached to an aromatic ring is 1. The van der Waals surface area contributed by atoms with Crippen molar-refractivity contribution in [1.82, 2.24) is 5.16 Å². The number of hydrogen-bond acceptors (Lipinski definition) is 4. The molecule has 1 aromatic carbocycles. The minimum atomic E-state index is -0.323. The van der Waals surface area contributed by atoms with Crippen LogP contribution in [0.5, 0.6) is 0 Å². The molecule has 0 saturated heterocycles. The van der Waals surface area contributed by atoms with E-state index >= 15 is 0 Å². The van der Waals surface area contributed by atoms with Crippen LogP contribution in [0.4, 0.5) is 11.6 Å². The van der Waals surface area contributed by atoms with Crippen molar-refractivity contribution in [3.05, 3.63) is 40.0 Å². The van der Waals surface area contributed by atoms with Gasteiger partial charge in [-0.05, 0) is 32.0 Å². The van der Waals surface area contributed by atoms with Gasteiger partial charge >= 0.3 is 0 Å². The number of rotatable bonds is 2. The Kier molecular flexibility index (Phi) is 3.25. The molecule has 1 heterocycles. The van der Waals surface area contributed by atoms with Gasteiger partial charge in [-0.15, -0.1) is 0 Å². The topological polar surface area (TPSA) is 81.2 Å². The third-order valence-corrected chi connectivity index (χ3v) is 2.97. The summed E-state index contributed by atoms with van der Waals surface area (Å²) in [4.78, 5) is 11.9. The van der Waals surface area contributed by atoms with Crippen molar-refractivity contribution >= 4 is 29.1 Å². The number of nitrogens with zero attached hydrogens (tertiary/aromatic N) is 1. The smallest absolute Gasteiger partial charge is 0.258 e. The number of carbonyl (C=O) groups excluding carboxylic acids is 1. The Hall–Kier alpha value is -2.01. The van der Waals surface area contributed by atoms with Gasteiger partial charge in [0.25, 0.3) is 5.91 Å². The highest BCUT2D eigenvalue weighted by molar-refractivity contribution is 6.33. The normalized spacial score (nSPS) is 10.4. The van der Waals surface area contributed by atoms with Crippen molar-refractivity contribution in [3.8, 4) is 0 Å². The van der Waals surface area contributed by atoms with Gasteiger partial charge < -0.3 is 10.3 Å². The van der Waals surface area contributed by atoms with Gasteiger partial charge in [0.05, 0.1) is 16.4 Å². The number of halogens is 1. The summed E-state index contributed by atoms with van der Waals surface area (Å²) >= 11 is 5.86. The molecule has 1 aromatic heterocycles. The Morgan fingerprint density at radius 3 is 2.72 bits per heavy atom. The molecule has 2 rings (SSSR count). The second-order valence-electron chi connectivity index (χ2n) is 3.91. The maximum absolute atomic E-state index is 11.9. The van der Waals surface area contributed by atoms with E-state index < -0.39 is 0 Å². The Balaban J connectivity index is 2.22. The number of aryl methyl sites for hydroxylation is 1. The molecule has 1 amide bonds. The molecule has 5 nitrogen and oxygen atoms in total. The molecule has 0 spiro atoms. The zero-order valence-corrected chi connectivity index (χ0v) is 10.7. The quantitative estimate of drug-likeness (QED) is 0.818. The van der Waals surface area contributed by atoms with Crippen LogP contribution in [0.15, 0.2) is 22.7 Å². The molecule has 0 radical (unpaired) electrons. The van der Waals surface area contributed by atoms with E-state index in [4.69, 9.17) is 21.9 Å². The first-order valence-corrected chi connectivity index (χ1v) is 5.66. The Morgan fingerprint density at radius 2 is 2.17 bits per heavy atom. The molecule has 0 aliphatic heterocycles. The first-order chi connectivity index (χ1) is 8.49. The predicted octanol–water partition coefficient (Wildman–Crippen LogP) is 2.78. The molecule has 0 unspecified atom stereocenters. The van der Waals surface area contributed by atoms with Gasteiger partial charge in [-0.2, -0.15) is 0 Å². The Morgan fingerprint density at radius 1 is 1.44 bits per heavy atom. The molecule has 3 N–H and O–H groups in total. The zero-order chi connectivity index (χ0) is 13.3. The number of benzene rings is 1. The largest absolute Gasteiger partial charge is 0.398 e. The van der Waals surface area contributed by atoms with Crippen molar-refractivity contribution in [2.45, 2.75) is 13.8 Å². The van der Waals surface area contributed by atoms with Crippen LogP contribution in [0.25, 0.3) is 0 Å². The number of amides is 1. The average molecular weight is 266 g/mol. The fraction of sp³-hybridized carbons (Fsp3) is 0.167. The van der Waals surface area contributed by atoms with E-state index in [1.165, 1.54) is 6.07 Å². The van der Waals surface area contributed by atoms with E-state index in [1.807, 2.05) is 6.92 Å². The van der Waals surface area contributed by atoms with Crippen molar-refractivity contribution in [3.63, 3.8) is 0 Å². The monoisotopic (exact) mass is 265 g/mol. The fourth-order valence-electron chi connectivity index (χ4n) is 1.38. The standard InChI is InChI=1S/C12H12ClN3O2/c1-6-7(2)16-18-12(6)15-11(17)8-3-4-10(14)9(13)5-8/h3-5H,14H2,1-2H3,(H,15,17). The lowest BCUT2D eigenvalue weighted by molar-refractivity contribution is 0.102. The van der Waals surface area contributed by atoms with Crippen LogP contribution >= 0.6 is 11.6 Å². The molecule has 0 aliphatic carbocycles. The second kappa shape index (κ2) is 4.70. The number of nitrogens with two attached hydrogens (primary N) is 1. The molecule has 0 aliphatic rings. The number of aromatic nitrogens is 1. The van der Waals surface area contributed by atoms with Gasteiger partial charge in [0.2, 0.25) is 5.88 Å². The van der Waals surface area contributed by atoms with E-state index in [-0.39, 0.29) is 5.91 Å². The van der Waals surface area contributed by atoms with E-state index in [1.54, 1.807) is 19.1 Å². The molecular formula is C12H12ClN3O2. The first kappa shape index (κ1) is 12.4.